The fraction of sp³-hybridized carbons (Fsp3) is 0.604. The van der Waals surface area contributed by atoms with Crippen molar-refractivity contribution in [3.8, 4) is 5.75 Å². The molecule has 13 heteroatoms. The van der Waals surface area contributed by atoms with Crippen LogP contribution in [-0.2, 0) is 52.3 Å². The third-order valence-corrected chi connectivity index (χ3v) is 16.2. The number of anilines is 1. The first-order valence-corrected chi connectivity index (χ1v) is 22.2. The fourth-order valence-electron chi connectivity index (χ4n) is 13.8. The number of aryl methyl sites for hydroxylation is 1. The van der Waals surface area contributed by atoms with E-state index < -0.39 is 57.5 Å². The lowest BCUT2D eigenvalue weighted by atomic mass is 9.47. The summed E-state index contributed by atoms with van der Waals surface area (Å²) in [4.78, 5) is 53.4. The molecule has 5 aliphatic heterocycles. The number of rotatable bonds is 8. The van der Waals surface area contributed by atoms with Crippen LogP contribution in [0.15, 0.2) is 42.5 Å². The van der Waals surface area contributed by atoms with Gasteiger partial charge in [-0.1, -0.05) is 39.0 Å². The van der Waals surface area contributed by atoms with Gasteiger partial charge in [-0.15, -0.1) is 0 Å². The Morgan fingerprint density at radius 2 is 1.70 bits per heavy atom. The number of hydrogen-bond donors (Lipinski definition) is 3. The smallest absolute Gasteiger partial charge is 0.344 e. The minimum atomic E-state index is -2.30. The summed E-state index contributed by atoms with van der Waals surface area (Å²) in [6.07, 6.45) is 6.81. The Hall–Kier alpha value is -4.43. The number of carbonyl (C=O) groups excluding carboxylic acids is 3. The van der Waals surface area contributed by atoms with Crippen LogP contribution < -0.4 is 9.64 Å². The number of ether oxygens (including phenoxy) is 4. The van der Waals surface area contributed by atoms with Crippen LogP contribution >= 0.6 is 0 Å². The molecule has 6 heterocycles. The van der Waals surface area contributed by atoms with Gasteiger partial charge in [-0.2, -0.15) is 0 Å². The topological polar surface area (TPSA) is 154 Å². The monoisotopic (exact) mass is 838 g/mol. The first-order chi connectivity index (χ1) is 29.2. The van der Waals surface area contributed by atoms with Crippen LogP contribution in [0.2, 0.25) is 0 Å². The zero-order chi connectivity index (χ0) is 43.4. The molecular weight excluding hydrogens is 777 g/mol. The van der Waals surface area contributed by atoms with Gasteiger partial charge in [-0.3, -0.25) is 19.4 Å². The maximum absolute atomic E-state index is 15.4. The predicted molar refractivity (Wildman–Crippen MR) is 230 cm³/mol. The average molecular weight is 839 g/mol. The third kappa shape index (κ3) is 5.55. The van der Waals surface area contributed by atoms with Crippen molar-refractivity contribution >= 4 is 34.5 Å². The summed E-state index contributed by atoms with van der Waals surface area (Å²) in [6.45, 7) is 10.8. The summed E-state index contributed by atoms with van der Waals surface area (Å²) < 4.78 is 24.1. The second kappa shape index (κ2) is 14.6. The number of H-pyrrole nitrogens is 1. The van der Waals surface area contributed by atoms with Crippen molar-refractivity contribution < 1.29 is 43.5 Å². The van der Waals surface area contributed by atoms with Crippen LogP contribution in [0, 0.1) is 11.3 Å². The van der Waals surface area contributed by atoms with Gasteiger partial charge in [0.15, 0.2) is 6.10 Å². The number of esters is 3. The number of methoxy groups -OCH3 is 3. The highest BCUT2D eigenvalue weighted by atomic mass is 16.6. The SMILES string of the molecule is CCc1ccc2[nH]c3c(c2c1)CCN1C[C@H](C[C@@](O)(CC)C1)C[C@]3(C(=O)OC)c1cc2c(cc1OC)N(C)[C@H]1[C@@](O)(C(=O)OC)[C@H](OC(C)=O)[C@]3(CC)C=CCN4CC[C@]21[C@@H]43. The summed E-state index contributed by atoms with van der Waals surface area (Å²) in [7, 11) is 6.18. The van der Waals surface area contributed by atoms with Crippen LogP contribution in [-0.4, -0.2) is 133 Å². The molecule has 2 aromatic carbocycles. The second-order valence-electron chi connectivity index (χ2n) is 18.9. The van der Waals surface area contributed by atoms with E-state index in [0.717, 1.165) is 39.8 Å². The van der Waals surface area contributed by atoms with Crippen LogP contribution in [0.4, 0.5) is 5.69 Å². The first-order valence-electron chi connectivity index (χ1n) is 22.2. The normalized spacial score (nSPS) is 36.2. The Morgan fingerprint density at radius 1 is 0.934 bits per heavy atom. The summed E-state index contributed by atoms with van der Waals surface area (Å²) in [5.74, 6) is -1.55. The minimum Gasteiger partial charge on any atom is -0.496 e. The van der Waals surface area contributed by atoms with Crippen molar-refractivity contribution in [1.29, 1.82) is 0 Å². The number of carbonyl (C=O) groups is 3. The highest BCUT2D eigenvalue weighted by Gasteiger charge is 2.80. The van der Waals surface area contributed by atoms with E-state index in [4.69, 9.17) is 18.9 Å². The number of piperidine rings is 1. The molecule has 61 heavy (non-hydrogen) atoms. The Morgan fingerprint density at radius 3 is 2.38 bits per heavy atom. The zero-order valence-electron chi connectivity index (χ0n) is 36.9. The lowest BCUT2D eigenvalue weighted by molar-refractivity contribution is -0.228. The van der Waals surface area contributed by atoms with Gasteiger partial charge in [-0.05, 0) is 92.3 Å². The number of aromatic amines is 1. The molecule has 0 amide bonds. The largest absolute Gasteiger partial charge is 0.496 e. The Balaban J connectivity index is 1.37. The number of nitrogens with one attached hydrogen (secondary N) is 1. The number of fused-ring (bicyclic) bond motifs is 6. The standard InChI is InChI=1S/C48H62N4O9/c1-9-29-13-14-35-32(21-29)31-15-19-51-26-30(24-44(56,10-2)27-51)25-47(38(31)49-35,42(54)59-7)34-22-33-36(23-37(34)58-6)50(5)40-46(33)17-20-52-18-12-16-45(11-3,39(46)52)41(61-28(4)53)48(40,57)43(55)60-8/h12-14,16,21-23,30,39-41,49,56-57H,9-11,15,17-20,24-27H2,1-8H3/t30-,39+,40-,41-,44+,45-,46-,47+,48+/m1/s1. The Bertz CT molecular complexity index is 2330. The van der Waals surface area contributed by atoms with E-state index in [-0.39, 0.29) is 12.0 Å². The van der Waals surface area contributed by atoms with Crippen molar-refractivity contribution in [2.45, 2.75) is 113 Å². The lowest BCUT2D eigenvalue weighted by Gasteiger charge is -2.63. The van der Waals surface area contributed by atoms with E-state index in [1.807, 2.05) is 31.9 Å². The molecule has 2 bridgehead atoms. The molecule has 1 spiro atoms. The van der Waals surface area contributed by atoms with Gasteiger partial charge < -0.3 is 39.0 Å². The lowest BCUT2D eigenvalue weighted by Crippen LogP contribution is -2.81. The van der Waals surface area contributed by atoms with Crippen LogP contribution in [0.25, 0.3) is 10.9 Å². The van der Waals surface area contributed by atoms with Crippen molar-refractivity contribution in [2.75, 3.05) is 66.0 Å². The van der Waals surface area contributed by atoms with Crippen LogP contribution in [0.3, 0.4) is 0 Å². The van der Waals surface area contributed by atoms with Crippen molar-refractivity contribution in [1.82, 2.24) is 14.8 Å². The molecule has 13 nitrogen and oxygen atoms in total. The maximum Gasteiger partial charge on any atom is 0.344 e. The van der Waals surface area contributed by atoms with Gasteiger partial charge in [0.1, 0.15) is 11.2 Å². The third-order valence-electron chi connectivity index (χ3n) is 16.2. The van der Waals surface area contributed by atoms with E-state index >= 15 is 4.79 Å². The van der Waals surface area contributed by atoms with E-state index in [1.54, 1.807) is 7.11 Å². The molecule has 3 aromatic rings. The molecule has 0 radical (unpaired) electrons. The number of aliphatic hydroxyl groups is 2. The van der Waals surface area contributed by atoms with Crippen molar-refractivity contribution in [3.05, 3.63) is 70.4 Å². The molecule has 9 rings (SSSR count). The molecule has 2 saturated heterocycles. The summed E-state index contributed by atoms with van der Waals surface area (Å²) in [6, 6.07) is 9.30. The van der Waals surface area contributed by atoms with Crippen LogP contribution in [0.5, 0.6) is 5.75 Å². The van der Waals surface area contributed by atoms with Crippen LogP contribution in [0.1, 0.15) is 87.7 Å². The first kappa shape index (κ1) is 41.9. The van der Waals surface area contributed by atoms with E-state index in [9.17, 15) is 19.8 Å². The molecule has 1 aliphatic carbocycles. The van der Waals surface area contributed by atoms with Gasteiger partial charge in [0.25, 0.3) is 0 Å². The average Bonchev–Trinajstić information content (AvgIpc) is 3.92. The second-order valence-corrected chi connectivity index (χ2v) is 18.9. The quantitative estimate of drug-likeness (QED) is 0.166. The molecule has 1 unspecified atom stereocenters. The van der Waals surface area contributed by atoms with Gasteiger partial charge in [0.05, 0.1) is 33.0 Å². The van der Waals surface area contributed by atoms with Gasteiger partial charge in [-0.25, -0.2) is 4.79 Å². The molecular formula is C48H62N4O9. The minimum absolute atomic E-state index is 0.102. The summed E-state index contributed by atoms with van der Waals surface area (Å²) in [5.41, 5.74) is -0.399. The number of nitrogens with zero attached hydrogens (tertiary/aromatic N) is 3. The Kier molecular flexibility index (Phi) is 10.0. The summed E-state index contributed by atoms with van der Waals surface area (Å²) in [5, 5.41) is 26.5. The molecule has 10 atom stereocenters. The maximum atomic E-state index is 15.4. The summed E-state index contributed by atoms with van der Waals surface area (Å²) >= 11 is 0. The van der Waals surface area contributed by atoms with E-state index in [2.05, 4.69) is 58.1 Å². The molecule has 1 saturated carbocycles. The highest BCUT2D eigenvalue weighted by Crippen LogP contribution is 2.68. The van der Waals surface area contributed by atoms with E-state index in [1.165, 1.54) is 26.7 Å². The van der Waals surface area contributed by atoms with Crippen molar-refractivity contribution in [3.63, 3.8) is 0 Å². The number of aromatic nitrogens is 1. The predicted octanol–water partition coefficient (Wildman–Crippen LogP) is 4.55. The number of hydrogen-bond acceptors (Lipinski definition) is 12. The number of benzene rings is 2. The molecule has 328 valence electrons. The zero-order valence-corrected chi connectivity index (χ0v) is 36.9. The molecule has 1 aromatic heterocycles. The highest BCUT2D eigenvalue weighted by molar-refractivity contribution is 5.95. The van der Waals surface area contributed by atoms with Gasteiger partial charge >= 0.3 is 17.9 Å². The molecule has 3 N–H and O–H groups in total. The van der Waals surface area contributed by atoms with E-state index in [0.29, 0.717) is 82.6 Å². The van der Waals surface area contributed by atoms with Gasteiger partial charge in [0.2, 0.25) is 5.60 Å². The molecule has 6 aliphatic rings. The molecule has 3 fully saturated rings. The Labute approximate surface area is 358 Å². The van der Waals surface area contributed by atoms with Gasteiger partial charge in [0, 0.05) is 90.9 Å². The number of likely N-dealkylation sites (N-methyl/N-ethyl adjacent to an activating group) is 1. The van der Waals surface area contributed by atoms with Crippen molar-refractivity contribution in [2.24, 2.45) is 11.3 Å². The fourth-order valence-corrected chi connectivity index (χ4v) is 13.8.